The maximum Gasteiger partial charge on any atom is 0.256 e. The standard InChI is InChI=1S/C18H21FN2O4/c19-15-7-5-6-13(11-15)10-14-12-17(23)21(18(14)24)9-4-2-1-3-8-16(22)20-25/h5-7,10-11,25H,1-4,8-9,12H2,(H,20,22). The largest absolute Gasteiger partial charge is 0.289 e. The van der Waals surface area contributed by atoms with E-state index in [1.54, 1.807) is 23.7 Å². The maximum absolute atomic E-state index is 13.2. The van der Waals surface area contributed by atoms with Crippen molar-refractivity contribution >= 4 is 23.8 Å². The van der Waals surface area contributed by atoms with E-state index in [1.807, 2.05) is 0 Å². The van der Waals surface area contributed by atoms with E-state index in [1.165, 1.54) is 17.0 Å². The van der Waals surface area contributed by atoms with Gasteiger partial charge in [-0.25, -0.2) is 9.87 Å². The molecule has 0 unspecified atom stereocenters. The van der Waals surface area contributed by atoms with Gasteiger partial charge in [0.2, 0.25) is 11.8 Å². The Kier molecular flexibility index (Phi) is 6.82. The van der Waals surface area contributed by atoms with Gasteiger partial charge in [0.1, 0.15) is 5.82 Å². The van der Waals surface area contributed by atoms with Crippen molar-refractivity contribution in [2.24, 2.45) is 0 Å². The molecule has 0 spiro atoms. The third kappa shape index (κ3) is 5.49. The Bertz CT molecular complexity index is 687. The van der Waals surface area contributed by atoms with E-state index in [9.17, 15) is 18.8 Å². The number of carbonyl (C=O) groups excluding carboxylic acids is 3. The highest BCUT2D eigenvalue weighted by molar-refractivity contribution is 6.15. The zero-order chi connectivity index (χ0) is 18.2. The van der Waals surface area contributed by atoms with Gasteiger partial charge in [-0.1, -0.05) is 25.0 Å². The first-order chi connectivity index (χ1) is 12.0. The van der Waals surface area contributed by atoms with Gasteiger partial charge in [-0.15, -0.1) is 0 Å². The molecule has 1 fully saturated rings. The van der Waals surface area contributed by atoms with Crippen LogP contribution < -0.4 is 5.48 Å². The van der Waals surface area contributed by atoms with Crippen LogP contribution in [0.25, 0.3) is 6.08 Å². The van der Waals surface area contributed by atoms with Gasteiger partial charge in [0, 0.05) is 18.5 Å². The lowest BCUT2D eigenvalue weighted by Gasteiger charge is -2.13. The number of rotatable bonds is 8. The van der Waals surface area contributed by atoms with Crippen LogP contribution in [-0.2, 0) is 14.4 Å². The molecule has 1 aliphatic heterocycles. The highest BCUT2D eigenvalue weighted by Crippen LogP contribution is 2.22. The van der Waals surface area contributed by atoms with Crippen molar-refractivity contribution in [2.45, 2.75) is 38.5 Å². The summed E-state index contributed by atoms with van der Waals surface area (Å²) >= 11 is 0. The van der Waals surface area contributed by atoms with Gasteiger partial charge in [-0.3, -0.25) is 24.5 Å². The van der Waals surface area contributed by atoms with Gasteiger partial charge in [0.05, 0.1) is 6.42 Å². The molecular formula is C18H21FN2O4. The van der Waals surface area contributed by atoms with Crippen molar-refractivity contribution in [3.05, 3.63) is 41.2 Å². The fraction of sp³-hybridized carbons (Fsp3) is 0.389. The van der Waals surface area contributed by atoms with Gasteiger partial charge in [0.15, 0.2) is 0 Å². The molecule has 1 aromatic carbocycles. The average Bonchev–Trinajstić information content (AvgIpc) is 2.84. The highest BCUT2D eigenvalue weighted by atomic mass is 19.1. The van der Waals surface area contributed by atoms with Crippen LogP contribution in [0, 0.1) is 5.82 Å². The molecule has 0 bridgehead atoms. The number of carbonyl (C=O) groups is 3. The zero-order valence-corrected chi connectivity index (χ0v) is 13.8. The van der Waals surface area contributed by atoms with Crippen molar-refractivity contribution in [1.82, 2.24) is 10.4 Å². The number of likely N-dealkylation sites (tertiary alicyclic amines) is 1. The van der Waals surface area contributed by atoms with Crippen LogP contribution in [0.1, 0.15) is 44.1 Å². The summed E-state index contributed by atoms with van der Waals surface area (Å²) < 4.78 is 13.2. The number of benzene rings is 1. The van der Waals surface area contributed by atoms with Gasteiger partial charge >= 0.3 is 0 Å². The zero-order valence-electron chi connectivity index (χ0n) is 13.8. The number of nitrogens with zero attached hydrogens (tertiary/aromatic N) is 1. The second-order valence-electron chi connectivity index (χ2n) is 5.95. The second kappa shape index (κ2) is 9.08. The minimum atomic E-state index is -0.419. The number of unbranched alkanes of at least 4 members (excludes halogenated alkanes) is 3. The quantitative estimate of drug-likeness (QED) is 0.248. The third-order valence-electron chi connectivity index (χ3n) is 4.01. The van der Waals surface area contributed by atoms with E-state index in [4.69, 9.17) is 5.21 Å². The summed E-state index contributed by atoms with van der Waals surface area (Å²) in [6, 6.07) is 5.87. The van der Waals surface area contributed by atoms with Crippen LogP contribution >= 0.6 is 0 Å². The van der Waals surface area contributed by atoms with E-state index >= 15 is 0 Å². The van der Waals surface area contributed by atoms with E-state index in [2.05, 4.69) is 0 Å². The van der Waals surface area contributed by atoms with E-state index in [0.717, 1.165) is 12.8 Å². The summed E-state index contributed by atoms with van der Waals surface area (Å²) in [6.45, 7) is 0.338. The summed E-state index contributed by atoms with van der Waals surface area (Å²) in [5.74, 6) is -1.38. The Morgan fingerprint density at radius 1 is 1.24 bits per heavy atom. The molecule has 1 aliphatic rings. The molecule has 0 saturated carbocycles. The SMILES string of the molecule is O=C(CCCCCCN1C(=O)CC(=Cc2cccc(F)c2)C1=O)NO. The Morgan fingerprint density at radius 2 is 2.00 bits per heavy atom. The molecule has 0 atom stereocenters. The van der Waals surface area contributed by atoms with Gasteiger partial charge in [0.25, 0.3) is 5.91 Å². The highest BCUT2D eigenvalue weighted by Gasteiger charge is 2.33. The monoisotopic (exact) mass is 348 g/mol. The first-order valence-corrected chi connectivity index (χ1v) is 8.25. The molecule has 25 heavy (non-hydrogen) atoms. The van der Waals surface area contributed by atoms with Crippen molar-refractivity contribution < 1.29 is 24.0 Å². The number of nitrogens with one attached hydrogen (secondary N) is 1. The molecule has 134 valence electrons. The number of hydrogen-bond acceptors (Lipinski definition) is 4. The Morgan fingerprint density at radius 3 is 2.72 bits per heavy atom. The van der Waals surface area contributed by atoms with E-state index in [0.29, 0.717) is 30.5 Å². The van der Waals surface area contributed by atoms with Crippen molar-refractivity contribution in [3.63, 3.8) is 0 Å². The molecule has 1 heterocycles. The van der Waals surface area contributed by atoms with Crippen LogP contribution in [0.5, 0.6) is 0 Å². The summed E-state index contributed by atoms with van der Waals surface area (Å²) in [7, 11) is 0. The molecule has 2 N–H and O–H groups in total. The lowest BCUT2D eigenvalue weighted by Crippen LogP contribution is -2.30. The van der Waals surface area contributed by atoms with Gasteiger partial charge in [-0.2, -0.15) is 0 Å². The lowest BCUT2D eigenvalue weighted by molar-refractivity contribution is -0.137. The fourth-order valence-corrected chi connectivity index (χ4v) is 2.72. The molecular weight excluding hydrogens is 327 g/mol. The van der Waals surface area contributed by atoms with Crippen molar-refractivity contribution in [3.8, 4) is 0 Å². The summed E-state index contributed by atoms with van der Waals surface area (Å²) in [6.07, 6.45) is 4.68. The molecule has 0 radical (unpaired) electrons. The lowest BCUT2D eigenvalue weighted by atomic mass is 10.1. The molecule has 2 rings (SSSR count). The minimum absolute atomic E-state index is 0.0337. The average molecular weight is 348 g/mol. The first kappa shape index (κ1) is 18.8. The first-order valence-electron chi connectivity index (χ1n) is 8.25. The Balaban J connectivity index is 1.82. The van der Waals surface area contributed by atoms with E-state index in [-0.39, 0.29) is 24.7 Å². The van der Waals surface area contributed by atoms with E-state index < -0.39 is 11.7 Å². The van der Waals surface area contributed by atoms with Crippen LogP contribution in [0.15, 0.2) is 29.8 Å². The number of imide groups is 1. The smallest absolute Gasteiger partial charge is 0.256 e. The van der Waals surface area contributed by atoms with Crippen LogP contribution in [0.4, 0.5) is 4.39 Å². The maximum atomic E-state index is 13.2. The number of hydroxylamine groups is 1. The van der Waals surface area contributed by atoms with Gasteiger partial charge in [-0.05, 0) is 36.6 Å². The van der Waals surface area contributed by atoms with Crippen LogP contribution in [0.2, 0.25) is 0 Å². The Labute approximate surface area is 145 Å². The van der Waals surface area contributed by atoms with Gasteiger partial charge < -0.3 is 0 Å². The molecule has 3 amide bonds. The predicted octanol–water partition coefficient (Wildman–Crippen LogP) is 2.42. The number of halogens is 1. The van der Waals surface area contributed by atoms with Crippen molar-refractivity contribution in [2.75, 3.05) is 6.54 Å². The number of hydrogen-bond donors (Lipinski definition) is 2. The van der Waals surface area contributed by atoms with Crippen LogP contribution in [0.3, 0.4) is 0 Å². The molecule has 6 nitrogen and oxygen atoms in total. The molecule has 1 aromatic rings. The number of amides is 3. The molecule has 0 aliphatic carbocycles. The summed E-state index contributed by atoms with van der Waals surface area (Å²) in [5.41, 5.74) is 2.50. The Hall–Kier alpha value is -2.54. The minimum Gasteiger partial charge on any atom is -0.289 e. The van der Waals surface area contributed by atoms with Crippen molar-refractivity contribution in [1.29, 1.82) is 0 Å². The molecule has 7 heteroatoms. The summed E-state index contributed by atoms with van der Waals surface area (Å²) in [5, 5.41) is 8.38. The topological polar surface area (TPSA) is 86.7 Å². The summed E-state index contributed by atoms with van der Waals surface area (Å²) in [4.78, 5) is 36.4. The third-order valence-corrected chi connectivity index (χ3v) is 4.01. The fourth-order valence-electron chi connectivity index (χ4n) is 2.72. The van der Waals surface area contributed by atoms with Crippen LogP contribution in [-0.4, -0.2) is 34.4 Å². The normalized spacial score (nSPS) is 15.9. The predicted molar refractivity (Wildman–Crippen MR) is 88.7 cm³/mol. The molecule has 0 aromatic heterocycles. The molecule has 1 saturated heterocycles. The second-order valence-corrected chi connectivity index (χ2v) is 5.95.